The van der Waals surface area contributed by atoms with E-state index in [2.05, 4.69) is 15.8 Å². The second-order valence-electron chi connectivity index (χ2n) is 6.92. The topological polar surface area (TPSA) is 73.8 Å². The molecule has 0 fully saturated rings. The number of anilines is 1. The molecule has 2 rings (SSSR count). The minimum atomic E-state index is -0.661. The zero-order valence-electron chi connectivity index (χ0n) is 16.8. The second-order valence-corrected chi connectivity index (χ2v) is 6.92. The van der Waals surface area contributed by atoms with Crippen molar-refractivity contribution in [2.24, 2.45) is 11.0 Å². The summed E-state index contributed by atoms with van der Waals surface area (Å²) in [4.78, 5) is 27.0. The number of nitrogens with zero attached hydrogens (tertiary/aromatic N) is 2. The fourth-order valence-corrected chi connectivity index (χ4v) is 2.61. The number of carbonyl (C=O) groups is 2. The lowest BCUT2D eigenvalue weighted by atomic mass is 9.98. The Kier molecular flexibility index (Phi) is 7.75. The molecule has 2 aromatic rings. The zero-order chi connectivity index (χ0) is 20.5. The normalized spacial score (nSPS) is 13.0. The fraction of sp³-hybridized carbons (Fsp3) is 0.318. The van der Waals surface area contributed by atoms with Crippen LogP contribution < -0.4 is 15.6 Å². The lowest BCUT2D eigenvalue weighted by Crippen LogP contribution is -2.49. The van der Waals surface area contributed by atoms with E-state index in [1.54, 1.807) is 30.5 Å². The number of benzene rings is 2. The molecule has 2 atom stereocenters. The first kappa shape index (κ1) is 21.2. The zero-order valence-corrected chi connectivity index (χ0v) is 16.8. The number of amides is 2. The summed E-state index contributed by atoms with van der Waals surface area (Å²) in [5.74, 6) is -0.633. The molecule has 0 aliphatic heterocycles. The van der Waals surface area contributed by atoms with Crippen LogP contribution in [-0.2, 0) is 4.79 Å². The summed E-state index contributed by atoms with van der Waals surface area (Å²) in [6, 6.07) is 16.0. The number of hydrogen-bond acceptors (Lipinski definition) is 4. The van der Waals surface area contributed by atoms with Crippen molar-refractivity contribution in [3.63, 3.8) is 0 Å². The standard InChI is InChI=1S/C22H28N4O2/c1-5-16(2)20(24-21(27)18-9-7-6-8-10-18)22(28)25-23-15-17-11-13-19(14-12-17)26(3)4/h6-16,20H,5H2,1-4H3,(H,24,27)(H,25,28)/b23-15-/t16-,20-/m0/s1. The Labute approximate surface area is 166 Å². The van der Waals surface area contributed by atoms with Crippen LogP contribution in [-0.4, -0.2) is 38.2 Å². The van der Waals surface area contributed by atoms with Gasteiger partial charge in [0.2, 0.25) is 0 Å². The summed E-state index contributed by atoms with van der Waals surface area (Å²) in [6.45, 7) is 3.91. The number of carbonyl (C=O) groups excluding carboxylic acids is 2. The molecule has 148 valence electrons. The van der Waals surface area contributed by atoms with Crippen molar-refractivity contribution in [2.75, 3.05) is 19.0 Å². The third kappa shape index (κ3) is 5.94. The molecule has 0 spiro atoms. The van der Waals surface area contributed by atoms with Gasteiger partial charge in [0.1, 0.15) is 6.04 Å². The molecule has 6 nitrogen and oxygen atoms in total. The largest absolute Gasteiger partial charge is 0.378 e. The van der Waals surface area contributed by atoms with E-state index in [0.29, 0.717) is 5.56 Å². The summed E-state index contributed by atoms with van der Waals surface area (Å²) in [6.07, 6.45) is 2.34. The van der Waals surface area contributed by atoms with Crippen molar-refractivity contribution in [1.82, 2.24) is 10.7 Å². The van der Waals surface area contributed by atoms with Crippen LogP contribution in [0.3, 0.4) is 0 Å². The highest BCUT2D eigenvalue weighted by Gasteiger charge is 2.26. The third-order valence-corrected chi connectivity index (χ3v) is 4.62. The maximum absolute atomic E-state index is 12.6. The summed E-state index contributed by atoms with van der Waals surface area (Å²) in [5, 5.41) is 6.87. The average Bonchev–Trinajstić information content (AvgIpc) is 2.72. The Bertz CT molecular complexity index is 801. The average molecular weight is 380 g/mol. The number of nitrogens with one attached hydrogen (secondary N) is 2. The molecule has 6 heteroatoms. The van der Waals surface area contributed by atoms with Crippen LogP contribution in [0.4, 0.5) is 5.69 Å². The molecular weight excluding hydrogens is 352 g/mol. The van der Waals surface area contributed by atoms with Gasteiger partial charge in [-0.15, -0.1) is 0 Å². The summed E-state index contributed by atoms with van der Waals surface area (Å²) in [7, 11) is 3.95. The molecule has 0 heterocycles. The summed E-state index contributed by atoms with van der Waals surface area (Å²) < 4.78 is 0. The summed E-state index contributed by atoms with van der Waals surface area (Å²) in [5.41, 5.74) is 5.03. The van der Waals surface area contributed by atoms with Gasteiger partial charge in [-0.05, 0) is 35.7 Å². The molecular formula is C22H28N4O2. The van der Waals surface area contributed by atoms with Crippen LogP contribution in [0.2, 0.25) is 0 Å². The van der Waals surface area contributed by atoms with Crippen LogP contribution >= 0.6 is 0 Å². The third-order valence-electron chi connectivity index (χ3n) is 4.62. The van der Waals surface area contributed by atoms with Gasteiger partial charge < -0.3 is 10.2 Å². The van der Waals surface area contributed by atoms with Gasteiger partial charge in [0.15, 0.2) is 0 Å². The smallest absolute Gasteiger partial charge is 0.262 e. The van der Waals surface area contributed by atoms with Crippen molar-refractivity contribution < 1.29 is 9.59 Å². The van der Waals surface area contributed by atoms with Crippen LogP contribution in [0.1, 0.15) is 36.2 Å². The minimum Gasteiger partial charge on any atom is -0.378 e. The summed E-state index contributed by atoms with van der Waals surface area (Å²) >= 11 is 0. The first-order chi connectivity index (χ1) is 13.4. The van der Waals surface area contributed by atoms with Crippen molar-refractivity contribution >= 4 is 23.7 Å². The van der Waals surface area contributed by atoms with Crippen molar-refractivity contribution in [2.45, 2.75) is 26.3 Å². The van der Waals surface area contributed by atoms with Crippen LogP contribution in [0.5, 0.6) is 0 Å². The Morgan fingerprint density at radius 1 is 1.07 bits per heavy atom. The predicted octanol–water partition coefficient (Wildman–Crippen LogP) is 3.05. The van der Waals surface area contributed by atoms with Gasteiger partial charge in [0, 0.05) is 25.3 Å². The highest BCUT2D eigenvalue weighted by atomic mass is 16.2. The SMILES string of the molecule is CC[C@H](C)[C@H](NC(=O)c1ccccc1)C(=O)N/N=C\c1ccc(N(C)C)cc1. The highest BCUT2D eigenvalue weighted by molar-refractivity contribution is 5.97. The fourth-order valence-electron chi connectivity index (χ4n) is 2.61. The molecule has 0 aliphatic carbocycles. The molecule has 0 saturated carbocycles. The lowest BCUT2D eigenvalue weighted by molar-refractivity contribution is -0.124. The molecule has 0 unspecified atom stereocenters. The van der Waals surface area contributed by atoms with E-state index in [4.69, 9.17) is 0 Å². The van der Waals surface area contributed by atoms with Crippen LogP contribution in [0, 0.1) is 5.92 Å². The molecule has 0 bridgehead atoms. The molecule has 2 aromatic carbocycles. The van der Waals surface area contributed by atoms with Crippen molar-refractivity contribution in [3.8, 4) is 0 Å². The lowest BCUT2D eigenvalue weighted by Gasteiger charge is -2.22. The quantitative estimate of drug-likeness (QED) is 0.546. The van der Waals surface area contributed by atoms with E-state index in [1.165, 1.54) is 0 Å². The number of rotatable bonds is 8. The molecule has 0 saturated heterocycles. The van der Waals surface area contributed by atoms with E-state index < -0.39 is 6.04 Å². The molecule has 0 aliphatic rings. The Hall–Kier alpha value is -3.15. The highest BCUT2D eigenvalue weighted by Crippen LogP contribution is 2.11. The van der Waals surface area contributed by atoms with E-state index in [0.717, 1.165) is 17.7 Å². The number of hydrazone groups is 1. The maximum atomic E-state index is 12.6. The first-order valence-corrected chi connectivity index (χ1v) is 9.38. The molecule has 28 heavy (non-hydrogen) atoms. The van der Waals surface area contributed by atoms with Gasteiger partial charge in [0.25, 0.3) is 11.8 Å². The van der Waals surface area contributed by atoms with Gasteiger partial charge in [-0.25, -0.2) is 5.43 Å². The predicted molar refractivity (Wildman–Crippen MR) is 114 cm³/mol. The first-order valence-electron chi connectivity index (χ1n) is 9.38. The van der Waals surface area contributed by atoms with Gasteiger partial charge in [-0.2, -0.15) is 5.10 Å². The van der Waals surface area contributed by atoms with E-state index in [1.807, 2.05) is 63.2 Å². The van der Waals surface area contributed by atoms with Crippen LogP contribution in [0.15, 0.2) is 59.7 Å². The number of hydrogen-bond donors (Lipinski definition) is 2. The molecule has 0 radical (unpaired) electrons. The van der Waals surface area contributed by atoms with Crippen molar-refractivity contribution in [3.05, 3.63) is 65.7 Å². The molecule has 2 amide bonds. The second kappa shape index (κ2) is 10.3. The van der Waals surface area contributed by atoms with E-state index in [-0.39, 0.29) is 17.7 Å². The van der Waals surface area contributed by atoms with E-state index >= 15 is 0 Å². The van der Waals surface area contributed by atoms with Gasteiger partial charge in [-0.3, -0.25) is 9.59 Å². The Morgan fingerprint density at radius 2 is 1.71 bits per heavy atom. The van der Waals surface area contributed by atoms with Gasteiger partial charge in [0.05, 0.1) is 6.21 Å². The van der Waals surface area contributed by atoms with Crippen LogP contribution in [0.25, 0.3) is 0 Å². The molecule has 0 aromatic heterocycles. The van der Waals surface area contributed by atoms with Gasteiger partial charge >= 0.3 is 0 Å². The van der Waals surface area contributed by atoms with Gasteiger partial charge in [-0.1, -0.05) is 50.6 Å². The Morgan fingerprint density at radius 3 is 2.29 bits per heavy atom. The van der Waals surface area contributed by atoms with Crippen molar-refractivity contribution in [1.29, 1.82) is 0 Å². The minimum absolute atomic E-state index is 0.0257. The monoisotopic (exact) mass is 380 g/mol. The molecule has 2 N–H and O–H groups in total. The Balaban J connectivity index is 2.01. The maximum Gasteiger partial charge on any atom is 0.262 e. The van der Waals surface area contributed by atoms with E-state index in [9.17, 15) is 9.59 Å².